The van der Waals surface area contributed by atoms with Crippen LogP contribution in [0.4, 0.5) is 0 Å². The summed E-state index contributed by atoms with van der Waals surface area (Å²) in [5, 5.41) is 1.81. The first-order chi connectivity index (χ1) is 8.77. The minimum absolute atomic E-state index is 0.0772. The Kier molecular flexibility index (Phi) is 2.90. The molecule has 2 saturated carbocycles. The molecule has 0 aliphatic heterocycles. The Bertz CT molecular complexity index is 577. The van der Waals surface area contributed by atoms with Gasteiger partial charge in [0, 0.05) is 6.04 Å². The van der Waals surface area contributed by atoms with Gasteiger partial charge in [-0.2, -0.15) is 0 Å². The highest BCUT2D eigenvalue weighted by Gasteiger charge is 2.61. The quantitative estimate of drug-likeness (QED) is 0.931. The topological polar surface area (TPSA) is 46.2 Å². The summed E-state index contributed by atoms with van der Waals surface area (Å²) in [5.41, 5.74) is 0.317. The number of nitrogens with one attached hydrogen (secondary N) is 1. The zero-order chi connectivity index (χ0) is 13.9. The van der Waals surface area contributed by atoms with E-state index in [-0.39, 0.29) is 16.9 Å². The molecule has 0 radical (unpaired) electrons. The van der Waals surface area contributed by atoms with E-state index < -0.39 is 10.0 Å². The van der Waals surface area contributed by atoms with Gasteiger partial charge < -0.3 is 0 Å². The summed E-state index contributed by atoms with van der Waals surface area (Å²) < 4.78 is 28.2. The smallest absolute Gasteiger partial charge is 0.207 e. The highest BCUT2D eigenvalue weighted by atomic mass is 32.2. The molecule has 0 amide bonds. The van der Waals surface area contributed by atoms with Crippen LogP contribution in [0.15, 0.2) is 21.7 Å². The third-order valence-corrected chi connectivity index (χ3v) is 8.72. The molecule has 3 unspecified atom stereocenters. The Labute approximate surface area is 119 Å². The van der Waals surface area contributed by atoms with Crippen LogP contribution in [0.1, 0.15) is 40.0 Å². The van der Waals surface area contributed by atoms with Crippen LogP contribution in [0.3, 0.4) is 0 Å². The Morgan fingerprint density at radius 1 is 1.37 bits per heavy atom. The molecule has 1 heterocycles. The van der Waals surface area contributed by atoms with Gasteiger partial charge in [0.1, 0.15) is 4.21 Å². The number of sulfonamides is 1. The number of hydrogen-bond acceptors (Lipinski definition) is 3. The van der Waals surface area contributed by atoms with Crippen molar-refractivity contribution >= 4 is 21.4 Å². The third-order valence-electron chi connectivity index (χ3n) is 5.85. The minimum Gasteiger partial charge on any atom is -0.207 e. The molecule has 1 aromatic rings. The zero-order valence-corrected chi connectivity index (χ0v) is 13.3. The average Bonchev–Trinajstić information content (AvgIpc) is 2.95. The number of thiophene rings is 1. The first-order valence-corrected chi connectivity index (χ1v) is 9.19. The highest BCUT2D eigenvalue weighted by Crippen LogP contribution is 2.65. The van der Waals surface area contributed by atoms with Crippen LogP contribution in [0.25, 0.3) is 0 Å². The third kappa shape index (κ3) is 1.82. The first kappa shape index (κ1) is 13.6. The first-order valence-electron chi connectivity index (χ1n) is 6.83. The maximum atomic E-state index is 12.4. The van der Waals surface area contributed by atoms with E-state index >= 15 is 0 Å². The van der Waals surface area contributed by atoms with Crippen molar-refractivity contribution in [1.82, 2.24) is 4.72 Å². The van der Waals surface area contributed by atoms with Crippen molar-refractivity contribution in [1.29, 1.82) is 0 Å². The van der Waals surface area contributed by atoms with Crippen LogP contribution in [0.5, 0.6) is 0 Å². The number of rotatable bonds is 3. The molecule has 3 rings (SSSR count). The lowest BCUT2D eigenvalue weighted by Gasteiger charge is -2.39. The second kappa shape index (κ2) is 4.06. The van der Waals surface area contributed by atoms with E-state index in [1.54, 1.807) is 17.5 Å². The van der Waals surface area contributed by atoms with E-state index in [1.807, 2.05) is 0 Å². The standard InChI is InChI=1S/C14H21NO2S2/c1-13(2)10-6-7-14(13,3)11(9-10)15-19(16,17)12-5-4-8-18-12/h4-5,8,10-11,15H,6-7,9H2,1-3H3. The van der Waals surface area contributed by atoms with Crippen LogP contribution in [0, 0.1) is 16.7 Å². The molecule has 19 heavy (non-hydrogen) atoms. The summed E-state index contributed by atoms with van der Waals surface area (Å²) in [6.07, 6.45) is 3.34. The Morgan fingerprint density at radius 2 is 2.11 bits per heavy atom. The molecule has 2 aliphatic rings. The van der Waals surface area contributed by atoms with Crippen molar-refractivity contribution < 1.29 is 8.42 Å². The molecule has 0 aromatic carbocycles. The summed E-state index contributed by atoms with van der Waals surface area (Å²) in [6.45, 7) is 6.84. The summed E-state index contributed by atoms with van der Waals surface area (Å²) in [4.78, 5) is 0. The molecule has 1 aromatic heterocycles. The summed E-state index contributed by atoms with van der Waals surface area (Å²) >= 11 is 1.28. The lowest BCUT2D eigenvalue weighted by molar-refractivity contribution is 0.130. The van der Waals surface area contributed by atoms with E-state index in [2.05, 4.69) is 25.5 Å². The fraction of sp³-hybridized carbons (Fsp3) is 0.714. The largest absolute Gasteiger partial charge is 0.250 e. The molecular weight excluding hydrogens is 278 g/mol. The van der Waals surface area contributed by atoms with Crippen LogP contribution in [-0.4, -0.2) is 14.5 Å². The van der Waals surface area contributed by atoms with Crippen LogP contribution in [-0.2, 0) is 10.0 Å². The summed E-state index contributed by atoms with van der Waals surface area (Å²) in [7, 11) is -3.34. The molecule has 1 N–H and O–H groups in total. The minimum atomic E-state index is -3.34. The van der Waals surface area contributed by atoms with Crippen molar-refractivity contribution in [2.45, 2.75) is 50.3 Å². The SMILES string of the molecule is CC1(C)C2CCC1(C)C(NS(=O)(=O)c1cccs1)C2. The van der Waals surface area contributed by atoms with Gasteiger partial charge in [0.05, 0.1) is 0 Å². The molecular formula is C14H21NO2S2. The van der Waals surface area contributed by atoms with E-state index in [0.717, 1.165) is 12.8 Å². The van der Waals surface area contributed by atoms with Crippen molar-refractivity contribution in [3.05, 3.63) is 17.5 Å². The Hall–Kier alpha value is -0.390. The van der Waals surface area contributed by atoms with Gasteiger partial charge in [-0.3, -0.25) is 0 Å². The fourth-order valence-electron chi connectivity index (χ4n) is 4.04. The lowest BCUT2D eigenvalue weighted by atomic mass is 9.69. The maximum absolute atomic E-state index is 12.4. The van der Waals surface area contributed by atoms with Crippen molar-refractivity contribution in [3.63, 3.8) is 0 Å². The normalized spacial score (nSPS) is 36.8. The van der Waals surface area contributed by atoms with E-state index in [4.69, 9.17) is 0 Å². The molecule has 3 atom stereocenters. The fourth-order valence-corrected chi connectivity index (χ4v) is 6.41. The molecule has 2 aliphatic carbocycles. The molecule has 3 nitrogen and oxygen atoms in total. The lowest BCUT2D eigenvalue weighted by Crippen LogP contribution is -2.46. The van der Waals surface area contributed by atoms with E-state index in [0.29, 0.717) is 10.1 Å². The molecule has 2 fully saturated rings. The average molecular weight is 299 g/mol. The van der Waals surface area contributed by atoms with E-state index in [9.17, 15) is 8.42 Å². The van der Waals surface area contributed by atoms with Crippen molar-refractivity contribution in [2.75, 3.05) is 0 Å². The van der Waals surface area contributed by atoms with Gasteiger partial charge in [-0.15, -0.1) is 11.3 Å². The second-order valence-electron chi connectivity index (χ2n) is 6.72. The highest BCUT2D eigenvalue weighted by molar-refractivity contribution is 7.91. The monoisotopic (exact) mass is 299 g/mol. The van der Waals surface area contributed by atoms with E-state index in [1.165, 1.54) is 17.8 Å². The molecule has 0 saturated heterocycles. The van der Waals surface area contributed by atoms with Gasteiger partial charge in [-0.05, 0) is 47.5 Å². The van der Waals surface area contributed by atoms with Gasteiger partial charge in [0.15, 0.2) is 0 Å². The maximum Gasteiger partial charge on any atom is 0.250 e. The number of hydrogen-bond donors (Lipinski definition) is 1. The predicted octanol–water partition coefficient (Wildman–Crippen LogP) is 3.24. The molecule has 5 heteroatoms. The van der Waals surface area contributed by atoms with Gasteiger partial charge >= 0.3 is 0 Å². The van der Waals surface area contributed by atoms with Gasteiger partial charge in [-0.1, -0.05) is 26.8 Å². The summed E-state index contributed by atoms with van der Waals surface area (Å²) in [6, 6.07) is 3.53. The summed E-state index contributed by atoms with van der Waals surface area (Å²) in [5.74, 6) is 0.647. The zero-order valence-electron chi connectivity index (χ0n) is 11.6. The molecule has 106 valence electrons. The van der Waals surface area contributed by atoms with Crippen molar-refractivity contribution in [3.8, 4) is 0 Å². The van der Waals surface area contributed by atoms with Gasteiger partial charge in [0.25, 0.3) is 0 Å². The second-order valence-corrected chi connectivity index (χ2v) is 9.60. The molecule has 2 bridgehead atoms. The van der Waals surface area contributed by atoms with Crippen molar-refractivity contribution in [2.24, 2.45) is 16.7 Å². The van der Waals surface area contributed by atoms with Crippen LogP contribution in [0.2, 0.25) is 0 Å². The Morgan fingerprint density at radius 3 is 2.58 bits per heavy atom. The Balaban J connectivity index is 1.87. The number of fused-ring (bicyclic) bond motifs is 2. The van der Waals surface area contributed by atoms with Gasteiger partial charge in [-0.25, -0.2) is 13.1 Å². The van der Waals surface area contributed by atoms with Gasteiger partial charge in [0.2, 0.25) is 10.0 Å². The van der Waals surface area contributed by atoms with Crippen LogP contribution < -0.4 is 4.72 Å². The van der Waals surface area contributed by atoms with Crippen LogP contribution >= 0.6 is 11.3 Å². The predicted molar refractivity (Wildman–Crippen MR) is 77.7 cm³/mol. The molecule has 0 spiro atoms.